The van der Waals surface area contributed by atoms with Crippen LogP contribution in [0.3, 0.4) is 0 Å². The summed E-state index contributed by atoms with van der Waals surface area (Å²) in [7, 11) is 0. The van der Waals surface area contributed by atoms with Gasteiger partial charge < -0.3 is 15.2 Å². The van der Waals surface area contributed by atoms with Crippen LogP contribution in [-0.4, -0.2) is 36.2 Å². The fourth-order valence-electron chi connectivity index (χ4n) is 3.01. The molecule has 0 bridgehead atoms. The zero-order valence-electron chi connectivity index (χ0n) is 13.3. The van der Waals surface area contributed by atoms with Gasteiger partial charge in [0.2, 0.25) is 5.91 Å². The molecule has 8 heteroatoms. The van der Waals surface area contributed by atoms with Crippen LogP contribution >= 0.6 is 0 Å². The summed E-state index contributed by atoms with van der Waals surface area (Å²) in [6, 6.07) is 3.90. The van der Waals surface area contributed by atoms with Crippen LogP contribution in [0.4, 0.5) is 20.6 Å². The molecule has 132 valence electrons. The molecule has 1 fully saturated rings. The van der Waals surface area contributed by atoms with E-state index < -0.39 is 35.6 Å². The molecule has 2 N–H and O–H groups in total. The summed E-state index contributed by atoms with van der Waals surface area (Å²) in [5.41, 5.74) is 0.304. The van der Waals surface area contributed by atoms with Crippen molar-refractivity contribution in [3.63, 3.8) is 0 Å². The van der Waals surface area contributed by atoms with Gasteiger partial charge in [0.15, 0.2) is 0 Å². The van der Waals surface area contributed by atoms with Gasteiger partial charge in [-0.05, 0) is 31.0 Å². The maximum absolute atomic E-state index is 14.1. The topological polar surface area (TPSA) is 95.9 Å². The predicted octanol–water partition coefficient (Wildman–Crippen LogP) is 2.39. The van der Waals surface area contributed by atoms with E-state index in [0.29, 0.717) is 12.2 Å². The molecule has 1 aliphatic carbocycles. The Kier molecular flexibility index (Phi) is 4.69. The summed E-state index contributed by atoms with van der Waals surface area (Å²) in [5, 5.41) is 11.7. The summed E-state index contributed by atoms with van der Waals surface area (Å²) in [5.74, 6) is -3.90. The van der Waals surface area contributed by atoms with Gasteiger partial charge in [0, 0.05) is 5.69 Å². The zero-order chi connectivity index (χ0) is 18.0. The van der Waals surface area contributed by atoms with Crippen molar-refractivity contribution >= 4 is 29.3 Å². The van der Waals surface area contributed by atoms with Crippen molar-refractivity contribution in [2.75, 3.05) is 23.4 Å². The number of cyclic esters (lactones) is 1. The van der Waals surface area contributed by atoms with Crippen molar-refractivity contribution in [1.29, 1.82) is 0 Å². The first-order valence-electron chi connectivity index (χ1n) is 7.90. The predicted molar refractivity (Wildman–Crippen MR) is 86.7 cm³/mol. The van der Waals surface area contributed by atoms with E-state index in [9.17, 15) is 23.9 Å². The second-order valence-corrected chi connectivity index (χ2v) is 5.91. The average molecular weight is 348 g/mol. The normalized spacial score (nSPS) is 22.6. The minimum atomic E-state index is -1.06. The number of carbonyl (C=O) groups excluding carboxylic acids is 2. The van der Waals surface area contributed by atoms with E-state index in [0.717, 1.165) is 6.07 Å². The highest BCUT2D eigenvalue weighted by atomic mass is 19.1. The van der Waals surface area contributed by atoms with Gasteiger partial charge in [-0.1, -0.05) is 12.2 Å². The number of benzene rings is 1. The standard InChI is InChI=1S/C17H17FN2O5/c18-13-6-5-10(20-7-8-25-17(20)24)9-14(13)19-15(21)11-3-1-2-4-12(11)16(22)23/h1-2,5-6,9,11-12H,3-4,7-8H2,(H,19,21)(H,22,23)/t11-,12-/m0/s1. The quantitative estimate of drug-likeness (QED) is 0.815. The average Bonchev–Trinajstić information content (AvgIpc) is 3.02. The number of carboxylic acids is 1. The number of carboxylic acid groups (broad SMARTS) is 1. The molecule has 1 heterocycles. The molecule has 2 atom stereocenters. The first-order valence-corrected chi connectivity index (χ1v) is 7.90. The second kappa shape index (κ2) is 6.92. The third kappa shape index (κ3) is 3.47. The minimum absolute atomic E-state index is 0.0964. The number of hydrogen-bond acceptors (Lipinski definition) is 4. The first kappa shape index (κ1) is 16.9. The van der Waals surface area contributed by atoms with E-state index in [4.69, 9.17) is 4.74 Å². The summed E-state index contributed by atoms with van der Waals surface area (Å²) in [4.78, 5) is 36.7. The number of carbonyl (C=O) groups is 3. The van der Waals surface area contributed by atoms with Crippen LogP contribution in [0.15, 0.2) is 30.4 Å². The molecular formula is C17H17FN2O5. The molecule has 3 rings (SSSR count). The zero-order valence-corrected chi connectivity index (χ0v) is 13.3. The Bertz CT molecular complexity index is 749. The molecule has 2 aliphatic rings. The van der Waals surface area contributed by atoms with Gasteiger partial charge in [0.25, 0.3) is 0 Å². The fraction of sp³-hybridized carbons (Fsp3) is 0.353. The van der Waals surface area contributed by atoms with Crippen molar-refractivity contribution in [1.82, 2.24) is 0 Å². The van der Waals surface area contributed by atoms with E-state index in [2.05, 4.69) is 5.32 Å². The molecule has 0 spiro atoms. The van der Waals surface area contributed by atoms with Gasteiger partial charge in [-0.25, -0.2) is 9.18 Å². The number of rotatable bonds is 4. The Hall–Kier alpha value is -2.90. The van der Waals surface area contributed by atoms with E-state index in [1.807, 2.05) is 0 Å². The molecule has 0 unspecified atom stereocenters. The minimum Gasteiger partial charge on any atom is -0.481 e. The lowest BCUT2D eigenvalue weighted by atomic mass is 9.82. The number of amides is 2. The van der Waals surface area contributed by atoms with E-state index >= 15 is 0 Å². The van der Waals surface area contributed by atoms with Gasteiger partial charge in [0.1, 0.15) is 12.4 Å². The summed E-state index contributed by atoms with van der Waals surface area (Å²) < 4.78 is 18.9. The lowest BCUT2D eigenvalue weighted by Crippen LogP contribution is -2.35. The van der Waals surface area contributed by atoms with Crippen LogP contribution < -0.4 is 10.2 Å². The van der Waals surface area contributed by atoms with Gasteiger partial charge in [0.05, 0.1) is 24.1 Å². The molecular weight excluding hydrogens is 331 g/mol. The van der Waals surface area contributed by atoms with Crippen molar-refractivity contribution in [2.45, 2.75) is 12.8 Å². The molecule has 1 saturated heterocycles. The van der Waals surface area contributed by atoms with Crippen molar-refractivity contribution in [2.24, 2.45) is 11.8 Å². The van der Waals surface area contributed by atoms with Crippen LogP contribution in [0.1, 0.15) is 12.8 Å². The van der Waals surface area contributed by atoms with Crippen LogP contribution in [0.2, 0.25) is 0 Å². The Labute approximate surface area is 143 Å². The first-order chi connectivity index (χ1) is 12.0. The smallest absolute Gasteiger partial charge is 0.414 e. The highest BCUT2D eigenvalue weighted by molar-refractivity contribution is 5.97. The fourth-order valence-corrected chi connectivity index (χ4v) is 3.01. The van der Waals surface area contributed by atoms with Crippen LogP contribution in [-0.2, 0) is 14.3 Å². The maximum Gasteiger partial charge on any atom is 0.414 e. The summed E-state index contributed by atoms with van der Waals surface area (Å²) in [6.07, 6.45) is 3.48. The molecule has 25 heavy (non-hydrogen) atoms. The Balaban J connectivity index is 1.79. The van der Waals surface area contributed by atoms with E-state index in [1.165, 1.54) is 17.0 Å². The van der Waals surface area contributed by atoms with E-state index in [1.54, 1.807) is 12.2 Å². The lowest BCUT2D eigenvalue weighted by Gasteiger charge is -2.24. The summed E-state index contributed by atoms with van der Waals surface area (Å²) in [6.45, 7) is 0.582. The summed E-state index contributed by atoms with van der Waals surface area (Å²) >= 11 is 0. The van der Waals surface area contributed by atoms with Crippen LogP contribution in [0, 0.1) is 17.7 Å². The monoisotopic (exact) mass is 348 g/mol. The SMILES string of the molecule is O=C(O)[C@H]1CC=CC[C@@H]1C(=O)Nc1cc(N2CCOC2=O)ccc1F. The molecule has 7 nitrogen and oxygen atoms in total. The van der Waals surface area contributed by atoms with Crippen molar-refractivity contribution in [3.8, 4) is 0 Å². The third-order valence-corrected chi connectivity index (χ3v) is 4.37. The highest BCUT2D eigenvalue weighted by Crippen LogP contribution is 2.29. The van der Waals surface area contributed by atoms with Crippen LogP contribution in [0.25, 0.3) is 0 Å². The Morgan fingerprint density at radius 1 is 1.24 bits per heavy atom. The van der Waals surface area contributed by atoms with Gasteiger partial charge in [-0.15, -0.1) is 0 Å². The molecule has 0 radical (unpaired) electrons. The molecule has 2 amide bonds. The number of ether oxygens (including phenoxy) is 1. The molecule has 0 saturated carbocycles. The number of nitrogens with zero attached hydrogens (tertiary/aromatic N) is 1. The number of anilines is 2. The number of allylic oxidation sites excluding steroid dienone is 2. The second-order valence-electron chi connectivity index (χ2n) is 5.91. The Morgan fingerprint density at radius 2 is 1.96 bits per heavy atom. The molecule has 1 aliphatic heterocycles. The largest absolute Gasteiger partial charge is 0.481 e. The third-order valence-electron chi connectivity index (χ3n) is 4.37. The lowest BCUT2D eigenvalue weighted by molar-refractivity contribution is -0.146. The molecule has 1 aromatic rings. The van der Waals surface area contributed by atoms with Gasteiger partial charge in [-0.3, -0.25) is 14.5 Å². The van der Waals surface area contributed by atoms with Crippen molar-refractivity contribution < 1.29 is 28.6 Å². The maximum atomic E-state index is 14.1. The Morgan fingerprint density at radius 3 is 2.60 bits per heavy atom. The van der Waals surface area contributed by atoms with Crippen molar-refractivity contribution in [3.05, 3.63) is 36.2 Å². The number of nitrogens with one attached hydrogen (secondary N) is 1. The number of hydrogen-bond donors (Lipinski definition) is 2. The van der Waals surface area contributed by atoms with Gasteiger partial charge >= 0.3 is 12.1 Å². The molecule has 0 aromatic heterocycles. The van der Waals surface area contributed by atoms with Crippen LogP contribution in [0.5, 0.6) is 0 Å². The van der Waals surface area contributed by atoms with Gasteiger partial charge in [-0.2, -0.15) is 0 Å². The highest BCUT2D eigenvalue weighted by Gasteiger charge is 2.34. The van der Waals surface area contributed by atoms with E-state index in [-0.39, 0.29) is 25.1 Å². The number of halogens is 1. The number of aliphatic carboxylic acids is 1. The molecule has 1 aromatic carbocycles.